The first kappa shape index (κ1) is 13.0. The molecular weight excluding hydrogens is 250 g/mol. The molecule has 2 amide bonds. The lowest BCUT2D eigenvalue weighted by Gasteiger charge is -2.14. The predicted octanol–water partition coefficient (Wildman–Crippen LogP) is 1.29. The number of anilines is 1. The molecule has 2 rings (SSSR count). The normalized spacial score (nSPS) is 14.9. The molecule has 1 aromatic rings. The third-order valence-corrected chi connectivity index (χ3v) is 3.02. The highest BCUT2D eigenvalue weighted by Gasteiger charge is 2.29. The highest BCUT2D eigenvalue weighted by Crippen LogP contribution is 2.26. The number of nitrogens with zero attached hydrogens (tertiary/aromatic N) is 2. The van der Waals surface area contributed by atoms with Crippen LogP contribution in [0.2, 0.25) is 0 Å². The monoisotopic (exact) mass is 263 g/mol. The van der Waals surface area contributed by atoms with Crippen LogP contribution in [0.1, 0.15) is 18.4 Å². The van der Waals surface area contributed by atoms with Gasteiger partial charge in [-0.1, -0.05) is 6.07 Å². The molecule has 0 aliphatic carbocycles. The van der Waals surface area contributed by atoms with Gasteiger partial charge in [0.15, 0.2) is 0 Å². The first-order chi connectivity index (χ1) is 9.02. The van der Waals surface area contributed by atoms with E-state index in [9.17, 15) is 19.7 Å². The van der Waals surface area contributed by atoms with Gasteiger partial charge >= 0.3 is 0 Å². The molecule has 1 aromatic carbocycles. The summed E-state index contributed by atoms with van der Waals surface area (Å²) < 4.78 is 0. The lowest BCUT2D eigenvalue weighted by Crippen LogP contribution is -2.28. The summed E-state index contributed by atoms with van der Waals surface area (Å²) in [4.78, 5) is 34.5. The molecule has 0 unspecified atom stereocenters. The van der Waals surface area contributed by atoms with Gasteiger partial charge in [-0.15, -0.1) is 0 Å². The van der Waals surface area contributed by atoms with Crippen LogP contribution in [-0.2, 0) is 16.1 Å². The van der Waals surface area contributed by atoms with Crippen molar-refractivity contribution in [3.05, 3.63) is 33.9 Å². The lowest BCUT2D eigenvalue weighted by atomic mass is 10.1. The van der Waals surface area contributed by atoms with E-state index in [2.05, 4.69) is 5.32 Å². The Balaban J connectivity index is 2.26. The van der Waals surface area contributed by atoms with Crippen molar-refractivity contribution in [2.75, 3.05) is 12.4 Å². The maximum absolute atomic E-state index is 11.5. The van der Waals surface area contributed by atoms with Crippen molar-refractivity contribution >= 4 is 23.2 Å². The molecule has 1 fully saturated rings. The first-order valence-corrected chi connectivity index (χ1v) is 5.81. The average Bonchev–Trinajstić information content (AvgIpc) is 2.70. The molecular formula is C12H13N3O4. The largest absolute Gasteiger partial charge is 0.383 e. The molecule has 1 heterocycles. The van der Waals surface area contributed by atoms with E-state index in [1.165, 1.54) is 6.07 Å². The quantitative estimate of drug-likeness (QED) is 0.502. The smallest absolute Gasteiger partial charge is 0.292 e. The Morgan fingerprint density at radius 3 is 2.47 bits per heavy atom. The molecule has 1 N–H and O–H groups in total. The van der Waals surface area contributed by atoms with Crippen LogP contribution in [-0.4, -0.2) is 28.7 Å². The lowest BCUT2D eigenvalue weighted by molar-refractivity contribution is -0.384. The fourth-order valence-corrected chi connectivity index (χ4v) is 2.02. The third-order valence-electron chi connectivity index (χ3n) is 3.02. The molecule has 7 heteroatoms. The van der Waals surface area contributed by atoms with Gasteiger partial charge in [0.2, 0.25) is 11.8 Å². The van der Waals surface area contributed by atoms with Crippen LogP contribution >= 0.6 is 0 Å². The van der Waals surface area contributed by atoms with E-state index in [0.717, 1.165) is 4.90 Å². The number of carbonyl (C=O) groups is 2. The second kappa shape index (κ2) is 5.05. The molecule has 0 radical (unpaired) electrons. The summed E-state index contributed by atoms with van der Waals surface area (Å²) in [5, 5.41) is 13.6. The number of hydrogen-bond acceptors (Lipinski definition) is 5. The highest BCUT2D eigenvalue weighted by molar-refractivity contribution is 6.01. The van der Waals surface area contributed by atoms with Crippen molar-refractivity contribution < 1.29 is 14.5 Å². The highest BCUT2D eigenvalue weighted by atomic mass is 16.6. The fourth-order valence-electron chi connectivity index (χ4n) is 2.02. The zero-order valence-corrected chi connectivity index (χ0v) is 10.4. The van der Waals surface area contributed by atoms with Crippen LogP contribution in [0.25, 0.3) is 0 Å². The van der Waals surface area contributed by atoms with Crippen molar-refractivity contribution in [2.24, 2.45) is 0 Å². The molecule has 7 nitrogen and oxygen atoms in total. The molecule has 0 aromatic heterocycles. The van der Waals surface area contributed by atoms with Crippen molar-refractivity contribution in [3.8, 4) is 0 Å². The van der Waals surface area contributed by atoms with Gasteiger partial charge in [-0.3, -0.25) is 24.6 Å². The number of hydrogen-bond donors (Lipinski definition) is 1. The van der Waals surface area contributed by atoms with Crippen molar-refractivity contribution in [3.63, 3.8) is 0 Å². The topological polar surface area (TPSA) is 92.6 Å². The Labute approximate surface area is 109 Å². The van der Waals surface area contributed by atoms with Crippen LogP contribution in [0.5, 0.6) is 0 Å². The van der Waals surface area contributed by atoms with Crippen LogP contribution in [0.4, 0.5) is 11.4 Å². The Morgan fingerprint density at radius 1 is 1.32 bits per heavy atom. The van der Waals surface area contributed by atoms with Gasteiger partial charge in [-0.2, -0.15) is 0 Å². The summed E-state index contributed by atoms with van der Waals surface area (Å²) in [7, 11) is 1.59. The molecule has 19 heavy (non-hydrogen) atoms. The number of likely N-dealkylation sites (tertiary alicyclic amines) is 1. The van der Waals surface area contributed by atoms with Crippen molar-refractivity contribution in [2.45, 2.75) is 19.4 Å². The Morgan fingerprint density at radius 2 is 1.95 bits per heavy atom. The minimum absolute atomic E-state index is 0.0703. The van der Waals surface area contributed by atoms with E-state index >= 15 is 0 Å². The minimum Gasteiger partial charge on any atom is -0.383 e. The molecule has 0 spiro atoms. The van der Waals surface area contributed by atoms with Gasteiger partial charge in [0.25, 0.3) is 5.69 Å². The SMILES string of the molecule is CNc1ccc(CN2C(=O)CCC2=O)cc1[N+](=O)[O-]. The van der Waals surface area contributed by atoms with Crippen LogP contribution in [0, 0.1) is 10.1 Å². The number of carbonyl (C=O) groups excluding carboxylic acids is 2. The van der Waals surface area contributed by atoms with Gasteiger partial charge in [-0.05, 0) is 11.6 Å². The number of nitrogens with one attached hydrogen (secondary N) is 1. The van der Waals surface area contributed by atoms with Crippen molar-refractivity contribution in [1.29, 1.82) is 0 Å². The molecule has 100 valence electrons. The summed E-state index contributed by atoms with van der Waals surface area (Å²) in [5.74, 6) is -0.462. The Hall–Kier alpha value is -2.44. The van der Waals surface area contributed by atoms with E-state index in [1.807, 2.05) is 0 Å². The molecule has 1 saturated heterocycles. The zero-order valence-electron chi connectivity index (χ0n) is 10.4. The zero-order chi connectivity index (χ0) is 14.0. The average molecular weight is 263 g/mol. The summed E-state index contributed by atoms with van der Waals surface area (Å²) >= 11 is 0. The Bertz CT molecular complexity index is 540. The molecule has 0 bridgehead atoms. The maximum Gasteiger partial charge on any atom is 0.292 e. The number of nitro groups is 1. The van der Waals surface area contributed by atoms with Gasteiger partial charge in [0.1, 0.15) is 5.69 Å². The molecule has 0 saturated carbocycles. The van der Waals surface area contributed by atoms with Gasteiger partial charge < -0.3 is 5.32 Å². The van der Waals surface area contributed by atoms with Crippen LogP contribution < -0.4 is 5.32 Å². The van der Waals surface area contributed by atoms with Gasteiger partial charge in [0, 0.05) is 26.0 Å². The third kappa shape index (κ3) is 2.54. The van der Waals surface area contributed by atoms with E-state index in [-0.39, 0.29) is 36.9 Å². The number of nitro benzene ring substituents is 1. The molecule has 1 aliphatic rings. The Kier molecular flexibility index (Phi) is 3.46. The van der Waals surface area contributed by atoms with E-state index in [0.29, 0.717) is 11.3 Å². The summed E-state index contributed by atoms with van der Waals surface area (Å²) in [6, 6.07) is 4.61. The number of imide groups is 1. The number of rotatable bonds is 4. The van der Waals surface area contributed by atoms with E-state index < -0.39 is 4.92 Å². The van der Waals surface area contributed by atoms with Gasteiger partial charge in [-0.25, -0.2) is 0 Å². The number of amides is 2. The van der Waals surface area contributed by atoms with E-state index in [4.69, 9.17) is 0 Å². The number of benzene rings is 1. The first-order valence-electron chi connectivity index (χ1n) is 5.81. The summed E-state index contributed by atoms with van der Waals surface area (Å²) in [6.45, 7) is 0.0858. The predicted molar refractivity (Wildman–Crippen MR) is 67.4 cm³/mol. The second-order valence-electron chi connectivity index (χ2n) is 4.23. The minimum atomic E-state index is -0.497. The standard InChI is InChI=1S/C12H13N3O4/c1-13-9-3-2-8(6-10(9)15(18)19)7-14-11(16)4-5-12(14)17/h2-3,6,13H,4-5,7H2,1H3. The van der Waals surface area contributed by atoms with E-state index in [1.54, 1.807) is 19.2 Å². The summed E-state index contributed by atoms with van der Waals surface area (Å²) in [6.07, 6.45) is 0.436. The van der Waals surface area contributed by atoms with Gasteiger partial charge in [0.05, 0.1) is 11.5 Å². The summed E-state index contributed by atoms with van der Waals surface area (Å²) in [5.41, 5.74) is 0.890. The maximum atomic E-state index is 11.5. The second-order valence-corrected chi connectivity index (χ2v) is 4.23. The van der Waals surface area contributed by atoms with Crippen molar-refractivity contribution in [1.82, 2.24) is 4.90 Å². The molecule has 0 atom stereocenters. The molecule has 1 aliphatic heterocycles. The van der Waals surface area contributed by atoms with Crippen LogP contribution in [0.3, 0.4) is 0 Å². The van der Waals surface area contributed by atoms with Crippen LogP contribution in [0.15, 0.2) is 18.2 Å². The fraction of sp³-hybridized carbons (Fsp3) is 0.333.